The van der Waals surface area contributed by atoms with Gasteiger partial charge in [0.2, 0.25) is 5.91 Å². The number of amides is 1. The summed E-state index contributed by atoms with van der Waals surface area (Å²) < 4.78 is 5.34. The SMILES string of the molecule is Nc1ccc(COCC(=O)Nc2ccccc2)cc1. The van der Waals surface area contributed by atoms with Gasteiger partial charge in [0.1, 0.15) is 6.61 Å². The van der Waals surface area contributed by atoms with Gasteiger partial charge in [0.05, 0.1) is 6.61 Å². The van der Waals surface area contributed by atoms with E-state index in [1.54, 1.807) is 0 Å². The molecule has 0 aromatic heterocycles. The molecule has 19 heavy (non-hydrogen) atoms. The Morgan fingerprint density at radius 3 is 2.42 bits per heavy atom. The van der Waals surface area contributed by atoms with Crippen LogP contribution in [0.5, 0.6) is 0 Å². The van der Waals surface area contributed by atoms with Gasteiger partial charge in [-0.3, -0.25) is 4.79 Å². The van der Waals surface area contributed by atoms with Crippen molar-refractivity contribution in [2.24, 2.45) is 0 Å². The van der Waals surface area contributed by atoms with Gasteiger partial charge in [-0.1, -0.05) is 30.3 Å². The average Bonchev–Trinajstić information content (AvgIpc) is 2.42. The molecule has 98 valence electrons. The van der Waals surface area contributed by atoms with Gasteiger partial charge < -0.3 is 15.8 Å². The molecule has 0 aliphatic heterocycles. The summed E-state index contributed by atoms with van der Waals surface area (Å²) >= 11 is 0. The number of carbonyl (C=O) groups excluding carboxylic acids is 1. The third-order valence-corrected chi connectivity index (χ3v) is 2.54. The first-order valence-electron chi connectivity index (χ1n) is 6.01. The van der Waals surface area contributed by atoms with Gasteiger partial charge in [0.25, 0.3) is 0 Å². The number of benzene rings is 2. The Bertz CT molecular complexity index is 524. The molecule has 2 aromatic carbocycles. The number of hydrogen-bond donors (Lipinski definition) is 2. The van der Waals surface area contributed by atoms with Crippen molar-refractivity contribution in [2.75, 3.05) is 17.7 Å². The Morgan fingerprint density at radius 1 is 1.05 bits per heavy atom. The molecule has 0 unspecified atom stereocenters. The fourth-order valence-electron chi connectivity index (χ4n) is 1.59. The summed E-state index contributed by atoms with van der Waals surface area (Å²) in [6.45, 7) is 0.418. The molecule has 0 spiro atoms. The fourth-order valence-corrected chi connectivity index (χ4v) is 1.59. The highest BCUT2D eigenvalue weighted by atomic mass is 16.5. The van der Waals surface area contributed by atoms with Crippen molar-refractivity contribution >= 4 is 17.3 Å². The Labute approximate surface area is 112 Å². The molecule has 2 rings (SSSR count). The summed E-state index contributed by atoms with van der Waals surface area (Å²) in [6, 6.07) is 16.7. The predicted octanol–water partition coefficient (Wildman–Crippen LogP) is 2.42. The van der Waals surface area contributed by atoms with Gasteiger partial charge in [-0.25, -0.2) is 0 Å². The smallest absolute Gasteiger partial charge is 0.250 e. The molecule has 2 aromatic rings. The molecular weight excluding hydrogens is 240 g/mol. The molecule has 0 heterocycles. The normalized spacial score (nSPS) is 10.1. The van der Waals surface area contributed by atoms with Gasteiger partial charge >= 0.3 is 0 Å². The van der Waals surface area contributed by atoms with Crippen molar-refractivity contribution in [3.63, 3.8) is 0 Å². The minimum atomic E-state index is -0.165. The van der Waals surface area contributed by atoms with Crippen LogP contribution in [0.2, 0.25) is 0 Å². The van der Waals surface area contributed by atoms with E-state index in [2.05, 4.69) is 5.32 Å². The van der Waals surface area contributed by atoms with Crippen LogP contribution in [-0.4, -0.2) is 12.5 Å². The van der Waals surface area contributed by atoms with E-state index in [1.165, 1.54) is 0 Å². The lowest BCUT2D eigenvalue weighted by atomic mass is 10.2. The molecule has 0 saturated carbocycles. The van der Waals surface area contributed by atoms with Crippen LogP contribution in [0.4, 0.5) is 11.4 Å². The van der Waals surface area contributed by atoms with Crippen LogP contribution < -0.4 is 11.1 Å². The lowest BCUT2D eigenvalue weighted by molar-refractivity contribution is -0.121. The van der Waals surface area contributed by atoms with E-state index in [0.717, 1.165) is 11.3 Å². The number of nitrogen functional groups attached to an aromatic ring is 1. The number of carbonyl (C=O) groups is 1. The first-order valence-corrected chi connectivity index (χ1v) is 6.01. The first-order chi connectivity index (χ1) is 9.24. The lowest BCUT2D eigenvalue weighted by Crippen LogP contribution is -2.18. The third kappa shape index (κ3) is 4.44. The Balaban J connectivity index is 1.74. The standard InChI is InChI=1S/C15H16N2O2/c16-13-8-6-12(7-9-13)10-19-11-15(18)17-14-4-2-1-3-5-14/h1-9H,10-11,16H2,(H,17,18). The third-order valence-electron chi connectivity index (χ3n) is 2.54. The molecule has 0 atom stereocenters. The number of anilines is 2. The molecule has 0 aliphatic carbocycles. The van der Waals surface area contributed by atoms with Gasteiger partial charge in [0.15, 0.2) is 0 Å². The van der Waals surface area contributed by atoms with Crippen LogP contribution in [-0.2, 0) is 16.1 Å². The largest absolute Gasteiger partial charge is 0.399 e. The van der Waals surface area contributed by atoms with Crippen LogP contribution in [0.15, 0.2) is 54.6 Å². The molecular formula is C15H16N2O2. The van der Waals surface area contributed by atoms with Crippen LogP contribution >= 0.6 is 0 Å². The topological polar surface area (TPSA) is 64.3 Å². The predicted molar refractivity (Wildman–Crippen MR) is 75.6 cm³/mol. The number of hydrogen-bond acceptors (Lipinski definition) is 3. The zero-order valence-electron chi connectivity index (χ0n) is 10.5. The lowest BCUT2D eigenvalue weighted by Gasteiger charge is -2.06. The van der Waals surface area contributed by atoms with Crippen molar-refractivity contribution in [3.05, 3.63) is 60.2 Å². The zero-order valence-corrected chi connectivity index (χ0v) is 10.5. The Hall–Kier alpha value is -2.33. The van der Waals surface area contributed by atoms with E-state index in [1.807, 2.05) is 54.6 Å². The molecule has 3 N–H and O–H groups in total. The molecule has 0 radical (unpaired) electrons. The molecule has 0 fully saturated rings. The van der Waals surface area contributed by atoms with E-state index in [-0.39, 0.29) is 12.5 Å². The highest BCUT2D eigenvalue weighted by Gasteiger charge is 2.02. The molecule has 0 aliphatic rings. The van der Waals surface area contributed by atoms with Crippen LogP contribution in [0.3, 0.4) is 0 Å². The second-order valence-corrected chi connectivity index (χ2v) is 4.15. The van der Waals surface area contributed by atoms with Crippen molar-refractivity contribution in [1.82, 2.24) is 0 Å². The zero-order chi connectivity index (χ0) is 13.5. The first kappa shape index (κ1) is 13.1. The van der Waals surface area contributed by atoms with E-state index in [9.17, 15) is 4.79 Å². The number of ether oxygens (including phenoxy) is 1. The number of nitrogens with one attached hydrogen (secondary N) is 1. The maximum atomic E-state index is 11.6. The summed E-state index contributed by atoms with van der Waals surface area (Å²) in [5, 5.41) is 2.75. The molecule has 4 nitrogen and oxygen atoms in total. The molecule has 1 amide bonds. The van der Waals surface area contributed by atoms with Crippen molar-refractivity contribution < 1.29 is 9.53 Å². The maximum absolute atomic E-state index is 11.6. The van der Waals surface area contributed by atoms with Crippen LogP contribution in [0, 0.1) is 0 Å². The van der Waals surface area contributed by atoms with Gasteiger partial charge in [-0.15, -0.1) is 0 Å². The van der Waals surface area contributed by atoms with Crippen molar-refractivity contribution in [1.29, 1.82) is 0 Å². The Morgan fingerprint density at radius 2 is 1.74 bits per heavy atom. The summed E-state index contributed by atoms with van der Waals surface area (Å²) in [5.41, 5.74) is 8.05. The minimum Gasteiger partial charge on any atom is -0.399 e. The minimum absolute atomic E-state index is 0.0271. The van der Waals surface area contributed by atoms with Crippen LogP contribution in [0.1, 0.15) is 5.56 Å². The summed E-state index contributed by atoms with van der Waals surface area (Å²) in [7, 11) is 0. The van der Waals surface area contributed by atoms with Gasteiger partial charge in [0, 0.05) is 11.4 Å². The highest BCUT2D eigenvalue weighted by Crippen LogP contribution is 2.07. The van der Waals surface area contributed by atoms with Crippen molar-refractivity contribution in [3.8, 4) is 0 Å². The average molecular weight is 256 g/mol. The molecule has 0 bridgehead atoms. The fraction of sp³-hybridized carbons (Fsp3) is 0.133. The number of rotatable bonds is 5. The maximum Gasteiger partial charge on any atom is 0.250 e. The van der Waals surface area contributed by atoms with Gasteiger partial charge in [-0.05, 0) is 29.8 Å². The monoisotopic (exact) mass is 256 g/mol. The number of para-hydroxylation sites is 1. The van der Waals surface area contributed by atoms with E-state index in [0.29, 0.717) is 12.3 Å². The van der Waals surface area contributed by atoms with E-state index in [4.69, 9.17) is 10.5 Å². The second kappa shape index (κ2) is 6.56. The number of nitrogens with two attached hydrogens (primary N) is 1. The van der Waals surface area contributed by atoms with E-state index < -0.39 is 0 Å². The molecule has 0 saturated heterocycles. The van der Waals surface area contributed by atoms with Gasteiger partial charge in [-0.2, -0.15) is 0 Å². The Kier molecular flexibility index (Phi) is 4.53. The second-order valence-electron chi connectivity index (χ2n) is 4.15. The highest BCUT2D eigenvalue weighted by molar-refractivity contribution is 5.91. The van der Waals surface area contributed by atoms with E-state index >= 15 is 0 Å². The van der Waals surface area contributed by atoms with Crippen LogP contribution in [0.25, 0.3) is 0 Å². The molecule has 4 heteroatoms. The summed E-state index contributed by atoms with van der Waals surface area (Å²) in [5.74, 6) is -0.165. The van der Waals surface area contributed by atoms with Crippen molar-refractivity contribution in [2.45, 2.75) is 6.61 Å². The summed E-state index contributed by atoms with van der Waals surface area (Å²) in [6.07, 6.45) is 0. The summed E-state index contributed by atoms with van der Waals surface area (Å²) in [4.78, 5) is 11.6. The quantitative estimate of drug-likeness (QED) is 0.807.